The van der Waals surface area contributed by atoms with Crippen LogP contribution in [0.25, 0.3) is 11.0 Å². The number of benzene rings is 1. The number of fused-ring (bicyclic) bond motifs is 1. The maximum atomic E-state index is 12.3. The highest BCUT2D eigenvalue weighted by Gasteiger charge is 2.23. The number of furan rings is 1. The Bertz CT molecular complexity index is 924. The zero-order valence-electron chi connectivity index (χ0n) is 14.1. The van der Waals surface area contributed by atoms with E-state index in [2.05, 4.69) is 10.4 Å². The lowest BCUT2D eigenvalue weighted by Gasteiger charge is -2.11. The molecule has 1 N–H and O–H groups in total. The highest BCUT2D eigenvalue weighted by molar-refractivity contribution is 5.79. The maximum absolute atomic E-state index is 12.3. The molecule has 0 aliphatic carbocycles. The van der Waals surface area contributed by atoms with E-state index in [0.717, 1.165) is 11.0 Å². The van der Waals surface area contributed by atoms with Gasteiger partial charge in [0.25, 0.3) is 0 Å². The minimum atomic E-state index is -0.483. The molecule has 8 nitrogen and oxygen atoms in total. The lowest BCUT2D eigenvalue weighted by molar-refractivity contribution is -0.386. The van der Waals surface area contributed by atoms with Gasteiger partial charge in [-0.3, -0.25) is 19.6 Å². The monoisotopic (exact) mass is 342 g/mol. The van der Waals surface area contributed by atoms with Crippen molar-refractivity contribution in [1.82, 2.24) is 15.1 Å². The quantitative estimate of drug-likeness (QED) is 0.567. The molecular weight excluding hydrogens is 324 g/mol. The number of aromatic nitrogens is 2. The van der Waals surface area contributed by atoms with E-state index in [1.807, 2.05) is 37.3 Å². The van der Waals surface area contributed by atoms with Crippen LogP contribution in [0.5, 0.6) is 0 Å². The Kier molecular flexibility index (Phi) is 4.26. The highest BCUT2D eigenvalue weighted by atomic mass is 16.6. The summed E-state index contributed by atoms with van der Waals surface area (Å²) in [6.45, 7) is 4.86. The predicted octanol–water partition coefficient (Wildman–Crippen LogP) is 3.03. The summed E-state index contributed by atoms with van der Waals surface area (Å²) < 4.78 is 7.07. The molecule has 0 spiro atoms. The van der Waals surface area contributed by atoms with Gasteiger partial charge in [-0.1, -0.05) is 18.2 Å². The number of nitro groups is 1. The molecule has 0 saturated heterocycles. The Labute approximate surface area is 143 Å². The first kappa shape index (κ1) is 16.7. The van der Waals surface area contributed by atoms with E-state index in [1.54, 1.807) is 13.8 Å². The standard InChI is InChI=1S/C17H18N4O4/c1-10(15-8-13-6-4-5-7-14(13)25-15)18-16(22)9-20-12(3)17(21(23)24)11(2)19-20/h4-8,10H,9H2,1-3H3,(H,18,22). The van der Waals surface area contributed by atoms with Gasteiger partial charge >= 0.3 is 5.69 Å². The van der Waals surface area contributed by atoms with Crippen LogP contribution in [0.4, 0.5) is 5.69 Å². The maximum Gasteiger partial charge on any atom is 0.312 e. The van der Waals surface area contributed by atoms with Gasteiger partial charge in [-0.2, -0.15) is 5.10 Å². The average molecular weight is 342 g/mol. The summed E-state index contributed by atoms with van der Waals surface area (Å²) in [5.41, 5.74) is 1.35. The highest BCUT2D eigenvalue weighted by Crippen LogP contribution is 2.24. The van der Waals surface area contributed by atoms with E-state index in [1.165, 1.54) is 4.68 Å². The Morgan fingerprint density at radius 2 is 2.12 bits per heavy atom. The third-order valence-corrected chi connectivity index (χ3v) is 4.07. The third kappa shape index (κ3) is 3.23. The van der Waals surface area contributed by atoms with Gasteiger partial charge in [0.05, 0.1) is 11.0 Å². The molecule has 1 aromatic carbocycles. The zero-order chi connectivity index (χ0) is 18.1. The van der Waals surface area contributed by atoms with Crippen LogP contribution in [0, 0.1) is 24.0 Å². The van der Waals surface area contributed by atoms with E-state index in [-0.39, 0.29) is 24.2 Å². The Morgan fingerprint density at radius 3 is 2.76 bits per heavy atom. The van der Waals surface area contributed by atoms with Gasteiger partial charge in [-0.05, 0) is 32.9 Å². The number of carbonyl (C=O) groups is 1. The first-order valence-corrected chi connectivity index (χ1v) is 7.83. The molecule has 3 rings (SSSR count). The topological polar surface area (TPSA) is 103 Å². The Balaban J connectivity index is 1.72. The lowest BCUT2D eigenvalue weighted by Crippen LogP contribution is -2.30. The van der Waals surface area contributed by atoms with Gasteiger partial charge < -0.3 is 9.73 Å². The number of carbonyl (C=O) groups excluding carboxylic acids is 1. The number of rotatable bonds is 5. The summed E-state index contributed by atoms with van der Waals surface area (Å²) in [5, 5.41) is 18.9. The minimum absolute atomic E-state index is 0.0573. The number of hydrogen-bond acceptors (Lipinski definition) is 5. The van der Waals surface area contributed by atoms with Crippen molar-refractivity contribution < 1.29 is 14.1 Å². The summed E-state index contributed by atoms with van der Waals surface area (Å²) in [6.07, 6.45) is 0. The van der Waals surface area contributed by atoms with Crippen molar-refractivity contribution in [3.05, 3.63) is 57.6 Å². The van der Waals surface area contributed by atoms with E-state index < -0.39 is 4.92 Å². The molecule has 1 unspecified atom stereocenters. The molecule has 1 amide bonds. The number of para-hydroxylation sites is 1. The molecule has 0 bridgehead atoms. The Hall–Kier alpha value is -3.16. The number of aryl methyl sites for hydroxylation is 1. The average Bonchev–Trinajstić information content (AvgIpc) is 3.08. The summed E-state index contributed by atoms with van der Waals surface area (Å²) >= 11 is 0. The van der Waals surface area contributed by atoms with Crippen molar-refractivity contribution in [2.75, 3.05) is 0 Å². The molecule has 0 aliphatic rings. The van der Waals surface area contributed by atoms with E-state index >= 15 is 0 Å². The van der Waals surface area contributed by atoms with Crippen molar-refractivity contribution in [2.45, 2.75) is 33.4 Å². The second-order valence-corrected chi connectivity index (χ2v) is 5.91. The van der Waals surface area contributed by atoms with Gasteiger partial charge in [0, 0.05) is 5.39 Å². The molecule has 0 radical (unpaired) electrons. The van der Waals surface area contributed by atoms with Gasteiger partial charge in [0.2, 0.25) is 5.91 Å². The third-order valence-electron chi connectivity index (χ3n) is 4.07. The Morgan fingerprint density at radius 1 is 1.40 bits per heavy atom. The van der Waals surface area contributed by atoms with Crippen molar-refractivity contribution in [3.63, 3.8) is 0 Å². The fourth-order valence-corrected chi connectivity index (χ4v) is 2.82. The SMILES string of the molecule is Cc1nn(CC(=O)NC(C)c2cc3ccccc3o2)c(C)c1[N+](=O)[O-]. The molecule has 8 heteroatoms. The van der Waals surface area contributed by atoms with E-state index in [4.69, 9.17) is 4.42 Å². The van der Waals surface area contributed by atoms with E-state index in [9.17, 15) is 14.9 Å². The van der Waals surface area contributed by atoms with Gasteiger partial charge in [0.1, 0.15) is 29.3 Å². The van der Waals surface area contributed by atoms with Crippen LogP contribution < -0.4 is 5.32 Å². The summed E-state index contributed by atoms with van der Waals surface area (Å²) in [7, 11) is 0. The van der Waals surface area contributed by atoms with Crippen LogP contribution in [0.1, 0.15) is 30.1 Å². The summed E-state index contributed by atoms with van der Waals surface area (Å²) in [4.78, 5) is 22.8. The molecule has 0 fully saturated rings. The fourth-order valence-electron chi connectivity index (χ4n) is 2.82. The van der Waals surface area contributed by atoms with Crippen molar-refractivity contribution in [2.24, 2.45) is 0 Å². The van der Waals surface area contributed by atoms with Crippen LogP contribution in [0.2, 0.25) is 0 Å². The van der Waals surface area contributed by atoms with Crippen LogP contribution in [-0.4, -0.2) is 20.6 Å². The van der Waals surface area contributed by atoms with Crippen molar-refractivity contribution in [3.8, 4) is 0 Å². The fraction of sp³-hybridized carbons (Fsp3) is 0.294. The minimum Gasteiger partial charge on any atom is -0.459 e. The molecule has 3 aromatic rings. The smallest absolute Gasteiger partial charge is 0.312 e. The second-order valence-electron chi connectivity index (χ2n) is 5.91. The summed E-state index contributed by atoms with van der Waals surface area (Å²) in [6, 6.07) is 9.16. The summed E-state index contributed by atoms with van der Waals surface area (Å²) in [5.74, 6) is 0.349. The molecule has 2 heterocycles. The predicted molar refractivity (Wildman–Crippen MR) is 91.1 cm³/mol. The number of hydrogen-bond donors (Lipinski definition) is 1. The molecule has 0 aliphatic heterocycles. The first-order valence-electron chi connectivity index (χ1n) is 7.83. The van der Waals surface area contributed by atoms with Crippen LogP contribution >= 0.6 is 0 Å². The number of nitrogens with one attached hydrogen (secondary N) is 1. The van der Waals surface area contributed by atoms with Crippen LogP contribution in [-0.2, 0) is 11.3 Å². The second kappa shape index (κ2) is 6.39. The normalized spacial score (nSPS) is 12.3. The molecule has 2 aromatic heterocycles. The lowest BCUT2D eigenvalue weighted by atomic mass is 10.2. The molecular formula is C17H18N4O4. The molecule has 25 heavy (non-hydrogen) atoms. The van der Waals surface area contributed by atoms with Crippen molar-refractivity contribution >= 4 is 22.6 Å². The number of amides is 1. The largest absolute Gasteiger partial charge is 0.459 e. The van der Waals surface area contributed by atoms with Gasteiger partial charge in [-0.15, -0.1) is 0 Å². The van der Waals surface area contributed by atoms with E-state index in [0.29, 0.717) is 17.1 Å². The molecule has 1 atom stereocenters. The molecule has 130 valence electrons. The molecule has 0 saturated carbocycles. The van der Waals surface area contributed by atoms with Crippen LogP contribution in [0.15, 0.2) is 34.7 Å². The zero-order valence-corrected chi connectivity index (χ0v) is 14.1. The first-order chi connectivity index (χ1) is 11.9. The van der Waals surface area contributed by atoms with Crippen LogP contribution in [0.3, 0.4) is 0 Å². The van der Waals surface area contributed by atoms with Crippen molar-refractivity contribution in [1.29, 1.82) is 0 Å². The van der Waals surface area contributed by atoms with Gasteiger partial charge in [-0.25, -0.2) is 0 Å². The number of nitrogens with zero attached hydrogens (tertiary/aromatic N) is 3. The van der Waals surface area contributed by atoms with Gasteiger partial charge in [0.15, 0.2) is 0 Å².